The van der Waals surface area contributed by atoms with Crippen LogP contribution in [0, 0.1) is 0 Å². The Morgan fingerprint density at radius 2 is 0.821 bits per heavy atom. The largest absolute Gasteiger partial charge is 0.481 e. The Morgan fingerprint density at radius 3 is 1.14 bits per heavy atom. The average Bonchev–Trinajstić information content (AvgIpc) is 2.57. The first kappa shape index (κ1) is 30.5. The molecule has 0 aliphatic carbocycles. The van der Waals surface area contributed by atoms with Crippen molar-refractivity contribution in [3.63, 3.8) is 0 Å². The minimum Gasteiger partial charge on any atom is -0.481 e. The second-order valence-corrected chi connectivity index (χ2v) is 6.32. The number of unbranched alkanes of at least 4 members (excludes halogenated alkanes) is 5. The number of carbonyl (C=O) groups excluding carboxylic acids is 2. The quantitative estimate of drug-likeness (QED) is 0.199. The molecule has 0 aliphatic heterocycles. The molecule has 0 aliphatic rings. The van der Waals surface area contributed by atoms with Crippen molar-refractivity contribution in [2.45, 2.75) is 77.0 Å². The number of carboxylic acid groups (broad SMARTS) is 2. The standard InChI is InChI=1S/C18H32N2O6.2H3N/c21-15(9-3-5-11-17(23)24)19-13-7-1-2-8-14-20-16(22)10-4-6-12-18(25)26;;/h1-14H2,(H,19,21)(H,20,22)(H,23,24)(H,25,26);2*1H3/p+2. The summed E-state index contributed by atoms with van der Waals surface area (Å²) in [5.41, 5.74) is 0. The maximum absolute atomic E-state index is 11.5. The van der Waals surface area contributed by atoms with Crippen LogP contribution in [-0.2, 0) is 19.2 Å². The van der Waals surface area contributed by atoms with E-state index in [9.17, 15) is 19.2 Å². The summed E-state index contributed by atoms with van der Waals surface area (Å²) < 4.78 is 0. The van der Waals surface area contributed by atoms with Crippen molar-refractivity contribution in [1.82, 2.24) is 22.9 Å². The Balaban J connectivity index is -0.00000312. The summed E-state index contributed by atoms with van der Waals surface area (Å²) in [4.78, 5) is 43.7. The van der Waals surface area contributed by atoms with Crippen molar-refractivity contribution in [1.29, 1.82) is 0 Å². The smallest absolute Gasteiger partial charge is 0.303 e. The third-order valence-corrected chi connectivity index (χ3v) is 3.84. The number of carbonyl (C=O) groups is 4. The van der Waals surface area contributed by atoms with Gasteiger partial charge in [0.15, 0.2) is 0 Å². The van der Waals surface area contributed by atoms with Crippen molar-refractivity contribution in [3.05, 3.63) is 0 Å². The number of quaternary nitrogens is 2. The van der Waals surface area contributed by atoms with Crippen molar-refractivity contribution in [2.24, 2.45) is 0 Å². The van der Waals surface area contributed by atoms with Gasteiger partial charge in [-0.3, -0.25) is 19.2 Å². The third-order valence-electron chi connectivity index (χ3n) is 3.84. The van der Waals surface area contributed by atoms with E-state index >= 15 is 0 Å². The first-order valence-corrected chi connectivity index (χ1v) is 9.39. The molecule has 0 rings (SSSR count). The zero-order chi connectivity index (χ0) is 19.6. The van der Waals surface area contributed by atoms with E-state index in [1.807, 2.05) is 0 Å². The molecule has 2 amide bonds. The Labute approximate surface area is 167 Å². The number of hydrogen-bond donors (Lipinski definition) is 6. The van der Waals surface area contributed by atoms with Gasteiger partial charge in [0.1, 0.15) is 0 Å². The van der Waals surface area contributed by atoms with E-state index in [4.69, 9.17) is 10.2 Å². The first-order valence-electron chi connectivity index (χ1n) is 9.39. The van der Waals surface area contributed by atoms with E-state index < -0.39 is 11.9 Å². The molecule has 0 aromatic carbocycles. The highest BCUT2D eigenvalue weighted by atomic mass is 16.4. The molecule has 0 atom stereocenters. The number of carboxylic acids is 2. The number of hydrogen-bond acceptors (Lipinski definition) is 4. The third kappa shape index (κ3) is 23.8. The molecule has 0 aromatic heterocycles. The molecular weight excluding hydrogens is 368 g/mol. The maximum atomic E-state index is 11.5. The van der Waals surface area contributed by atoms with Crippen molar-refractivity contribution < 1.29 is 29.4 Å². The van der Waals surface area contributed by atoms with Crippen LogP contribution in [0.25, 0.3) is 0 Å². The predicted octanol–water partition coefficient (Wildman–Crippen LogP) is 2.82. The molecule has 10 heteroatoms. The van der Waals surface area contributed by atoms with E-state index in [0.717, 1.165) is 25.7 Å². The van der Waals surface area contributed by atoms with Gasteiger partial charge in [0, 0.05) is 38.8 Å². The Morgan fingerprint density at radius 1 is 0.500 bits per heavy atom. The fourth-order valence-corrected chi connectivity index (χ4v) is 2.36. The molecule has 0 aromatic rings. The average molecular weight is 409 g/mol. The highest BCUT2D eigenvalue weighted by Crippen LogP contribution is 2.02. The Kier molecular flexibility index (Phi) is 23.0. The molecule has 0 fully saturated rings. The van der Waals surface area contributed by atoms with Gasteiger partial charge in [0.2, 0.25) is 11.8 Å². The molecule has 0 bridgehead atoms. The molecule has 0 radical (unpaired) electrons. The molecule has 10 nitrogen and oxygen atoms in total. The predicted molar refractivity (Wildman–Crippen MR) is 109 cm³/mol. The van der Waals surface area contributed by atoms with Crippen LogP contribution in [0.3, 0.4) is 0 Å². The van der Waals surface area contributed by atoms with E-state index in [1.54, 1.807) is 0 Å². The fourth-order valence-electron chi connectivity index (χ4n) is 2.36. The van der Waals surface area contributed by atoms with E-state index in [0.29, 0.717) is 51.6 Å². The zero-order valence-corrected chi connectivity index (χ0v) is 17.4. The number of amides is 2. The fraction of sp³-hybridized carbons (Fsp3) is 0.778. The van der Waals surface area contributed by atoms with Crippen LogP contribution >= 0.6 is 0 Å². The Bertz CT molecular complexity index is 406. The summed E-state index contributed by atoms with van der Waals surface area (Å²) in [5, 5.41) is 22.6. The summed E-state index contributed by atoms with van der Waals surface area (Å²) in [6.07, 6.45) is 6.86. The second-order valence-electron chi connectivity index (χ2n) is 6.32. The van der Waals surface area contributed by atoms with Crippen LogP contribution in [0.2, 0.25) is 0 Å². The minimum atomic E-state index is -0.834. The molecule has 0 saturated carbocycles. The van der Waals surface area contributed by atoms with Gasteiger partial charge in [-0.15, -0.1) is 0 Å². The van der Waals surface area contributed by atoms with Crippen LogP contribution in [0.1, 0.15) is 77.0 Å². The summed E-state index contributed by atoms with van der Waals surface area (Å²) in [5.74, 6) is -1.74. The highest BCUT2D eigenvalue weighted by molar-refractivity contribution is 5.76. The van der Waals surface area contributed by atoms with Crippen LogP contribution in [0.5, 0.6) is 0 Å². The number of rotatable bonds is 17. The van der Waals surface area contributed by atoms with Crippen LogP contribution < -0.4 is 22.9 Å². The first-order chi connectivity index (χ1) is 12.4. The molecule has 0 unspecified atom stereocenters. The lowest BCUT2D eigenvalue weighted by atomic mass is 10.1. The van der Waals surface area contributed by atoms with E-state index in [1.165, 1.54) is 0 Å². The maximum Gasteiger partial charge on any atom is 0.303 e. The van der Waals surface area contributed by atoms with Gasteiger partial charge in [-0.2, -0.15) is 0 Å². The highest BCUT2D eigenvalue weighted by Gasteiger charge is 2.03. The van der Waals surface area contributed by atoms with E-state index in [-0.39, 0.29) is 37.0 Å². The van der Waals surface area contributed by atoms with Crippen LogP contribution in [0.15, 0.2) is 0 Å². The second kappa shape index (κ2) is 21.1. The van der Waals surface area contributed by atoms with Gasteiger partial charge < -0.3 is 33.1 Å². The van der Waals surface area contributed by atoms with Gasteiger partial charge in [-0.1, -0.05) is 12.8 Å². The van der Waals surface area contributed by atoms with Gasteiger partial charge in [0.25, 0.3) is 0 Å². The normalized spacial score (nSPS) is 9.57. The van der Waals surface area contributed by atoms with Crippen molar-refractivity contribution in [3.8, 4) is 0 Å². The summed E-state index contributed by atoms with van der Waals surface area (Å²) >= 11 is 0. The molecule has 28 heavy (non-hydrogen) atoms. The topological polar surface area (TPSA) is 206 Å². The van der Waals surface area contributed by atoms with Crippen LogP contribution in [-0.4, -0.2) is 47.1 Å². The van der Waals surface area contributed by atoms with Gasteiger partial charge in [0.05, 0.1) is 0 Å². The molecule has 0 heterocycles. The summed E-state index contributed by atoms with van der Waals surface area (Å²) in [6.45, 7) is 1.24. The summed E-state index contributed by atoms with van der Waals surface area (Å²) in [6, 6.07) is 0. The lowest BCUT2D eigenvalue weighted by molar-refractivity contribution is -0.138. The zero-order valence-electron chi connectivity index (χ0n) is 17.4. The molecular formula is C18H40N4O6+2. The van der Waals surface area contributed by atoms with E-state index in [2.05, 4.69) is 10.6 Å². The van der Waals surface area contributed by atoms with Crippen molar-refractivity contribution >= 4 is 23.8 Å². The van der Waals surface area contributed by atoms with Crippen LogP contribution in [0.4, 0.5) is 0 Å². The lowest BCUT2D eigenvalue weighted by Crippen LogP contribution is -2.24. The molecule has 12 N–H and O–H groups in total. The van der Waals surface area contributed by atoms with Crippen molar-refractivity contribution in [2.75, 3.05) is 13.1 Å². The van der Waals surface area contributed by atoms with Gasteiger partial charge >= 0.3 is 11.9 Å². The number of aliphatic carboxylic acids is 2. The monoisotopic (exact) mass is 408 g/mol. The molecule has 0 spiro atoms. The molecule has 0 saturated heterocycles. The SMILES string of the molecule is O=C(O)CCCCC(=O)NCCCCCCNC(=O)CCCCC(=O)O.[NH4+].[NH4+]. The Hall–Kier alpha value is -2.20. The number of nitrogens with one attached hydrogen (secondary N) is 2. The van der Waals surface area contributed by atoms with Gasteiger partial charge in [-0.25, -0.2) is 0 Å². The summed E-state index contributed by atoms with van der Waals surface area (Å²) in [7, 11) is 0. The van der Waals surface area contributed by atoms with Gasteiger partial charge in [-0.05, 0) is 38.5 Å². The molecule has 166 valence electrons. The lowest BCUT2D eigenvalue weighted by Gasteiger charge is -2.06. The minimum absolute atomic E-state index is 0.